The number of likely N-dealkylation sites (N-methyl/N-ethyl adjacent to an activating group) is 1. The summed E-state index contributed by atoms with van der Waals surface area (Å²) in [7, 11) is 1.79. The van der Waals surface area contributed by atoms with Crippen LogP contribution in [-0.4, -0.2) is 35.4 Å². The van der Waals surface area contributed by atoms with Gasteiger partial charge in [-0.3, -0.25) is 9.78 Å². The fourth-order valence-electron chi connectivity index (χ4n) is 3.16. The average molecular weight is 331 g/mol. The Morgan fingerprint density at radius 2 is 2.12 bits per heavy atom. The van der Waals surface area contributed by atoms with Crippen molar-refractivity contribution in [2.75, 3.05) is 13.6 Å². The SMILES string of the molecule is CN1C(=O)C[C@@H](NCCc2ccc(F)c(F)c2)[C@@H]1c1cccnc1. The topological polar surface area (TPSA) is 45.2 Å². The summed E-state index contributed by atoms with van der Waals surface area (Å²) in [6.45, 7) is 0.577. The molecule has 24 heavy (non-hydrogen) atoms. The van der Waals surface area contributed by atoms with Crippen LogP contribution in [0.4, 0.5) is 8.78 Å². The van der Waals surface area contributed by atoms with Crippen molar-refractivity contribution in [3.05, 3.63) is 65.5 Å². The third-order valence-electron chi connectivity index (χ3n) is 4.42. The molecule has 0 aliphatic carbocycles. The van der Waals surface area contributed by atoms with Crippen LogP contribution >= 0.6 is 0 Å². The lowest BCUT2D eigenvalue weighted by atomic mass is 10.0. The van der Waals surface area contributed by atoms with Crippen LogP contribution in [0.25, 0.3) is 0 Å². The smallest absolute Gasteiger partial charge is 0.224 e. The molecule has 1 saturated heterocycles. The van der Waals surface area contributed by atoms with Crippen LogP contribution < -0.4 is 5.32 Å². The van der Waals surface area contributed by atoms with Crippen molar-refractivity contribution in [2.45, 2.75) is 24.9 Å². The summed E-state index contributed by atoms with van der Waals surface area (Å²) in [5, 5.41) is 3.37. The van der Waals surface area contributed by atoms with Crippen molar-refractivity contribution in [3.8, 4) is 0 Å². The predicted octanol–water partition coefficient (Wildman–Crippen LogP) is 2.46. The van der Waals surface area contributed by atoms with E-state index in [-0.39, 0.29) is 18.0 Å². The highest BCUT2D eigenvalue weighted by atomic mass is 19.2. The average Bonchev–Trinajstić information content (AvgIpc) is 2.86. The molecular weight excluding hydrogens is 312 g/mol. The summed E-state index contributed by atoms with van der Waals surface area (Å²) >= 11 is 0. The Hall–Kier alpha value is -2.34. The van der Waals surface area contributed by atoms with Crippen LogP contribution in [0.5, 0.6) is 0 Å². The van der Waals surface area contributed by atoms with E-state index in [1.54, 1.807) is 30.4 Å². The van der Waals surface area contributed by atoms with E-state index in [9.17, 15) is 13.6 Å². The highest BCUT2D eigenvalue weighted by Crippen LogP contribution is 2.31. The maximum absolute atomic E-state index is 13.2. The summed E-state index contributed by atoms with van der Waals surface area (Å²) in [5.74, 6) is -1.60. The van der Waals surface area contributed by atoms with Gasteiger partial charge in [0.2, 0.25) is 5.91 Å². The van der Waals surface area contributed by atoms with Crippen LogP contribution in [0, 0.1) is 11.6 Å². The molecule has 1 fully saturated rings. The van der Waals surface area contributed by atoms with Crippen molar-refractivity contribution in [1.29, 1.82) is 0 Å². The number of amides is 1. The number of halogens is 2. The van der Waals surface area contributed by atoms with Gasteiger partial charge in [0, 0.05) is 31.9 Å². The molecule has 126 valence electrons. The van der Waals surface area contributed by atoms with E-state index in [4.69, 9.17) is 0 Å². The Kier molecular flexibility index (Phi) is 4.85. The molecule has 0 radical (unpaired) electrons. The Bertz CT molecular complexity index is 723. The van der Waals surface area contributed by atoms with Crippen LogP contribution in [0.2, 0.25) is 0 Å². The molecule has 6 heteroatoms. The first kappa shape index (κ1) is 16.5. The molecule has 0 spiro atoms. The number of nitrogens with zero attached hydrogens (tertiary/aromatic N) is 2. The summed E-state index contributed by atoms with van der Waals surface area (Å²) < 4.78 is 26.2. The van der Waals surface area contributed by atoms with Crippen molar-refractivity contribution in [1.82, 2.24) is 15.2 Å². The number of rotatable bonds is 5. The van der Waals surface area contributed by atoms with E-state index in [1.807, 2.05) is 12.1 Å². The number of carbonyl (C=O) groups is 1. The number of pyridine rings is 1. The zero-order chi connectivity index (χ0) is 17.1. The van der Waals surface area contributed by atoms with Crippen LogP contribution in [-0.2, 0) is 11.2 Å². The molecule has 2 aromatic rings. The van der Waals surface area contributed by atoms with Gasteiger partial charge in [-0.2, -0.15) is 0 Å². The summed E-state index contributed by atoms with van der Waals surface area (Å²) in [5.41, 5.74) is 1.70. The maximum atomic E-state index is 13.2. The van der Waals surface area contributed by atoms with Gasteiger partial charge in [0.15, 0.2) is 11.6 Å². The number of hydrogen-bond donors (Lipinski definition) is 1. The molecule has 2 atom stereocenters. The molecule has 3 rings (SSSR count). The second-order valence-corrected chi connectivity index (χ2v) is 6.00. The summed E-state index contributed by atoms with van der Waals surface area (Å²) in [6.07, 6.45) is 4.44. The molecule has 1 aromatic carbocycles. The molecular formula is C18H19F2N3O. The highest BCUT2D eigenvalue weighted by molar-refractivity contribution is 5.80. The Labute approximate surface area is 139 Å². The molecule has 0 bridgehead atoms. The monoisotopic (exact) mass is 331 g/mol. The quantitative estimate of drug-likeness (QED) is 0.915. The molecule has 1 aromatic heterocycles. The second kappa shape index (κ2) is 7.05. The van der Waals surface area contributed by atoms with E-state index in [0.29, 0.717) is 19.4 Å². The van der Waals surface area contributed by atoms with Crippen LogP contribution in [0.1, 0.15) is 23.6 Å². The van der Waals surface area contributed by atoms with Gasteiger partial charge in [0.25, 0.3) is 0 Å². The lowest BCUT2D eigenvalue weighted by Gasteiger charge is -2.25. The molecule has 0 saturated carbocycles. The van der Waals surface area contributed by atoms with Crippen LogP contribution in [0.15, 0.2) is 42.7 Å². The standard InChI is InChI=1S/C18H19F2N3O/c1-23-17(24)10-16(18(23)13-3-2-7-21-11-13)22-8-6-12-4-5-14(19)15(20)9-12/h2-5,7,9,11,16,18,22H,6,8,10H2,1H3/t16-,18+/m1/s1. The summed E-state index contributed by atoms with van der Waals surface area (Å²) in [6, 6.07) is 7.62. The molecule has 1 amide bonds. The third-order valence-corrected chi connectivity index (χ3v) is 4.42. The zero-order valence-corrected chi connectivity index (χ0v) is 13.4. The number of hydrogen-bond acceptors (Lipinski definition) is 3. The zero-order valence-electron chi connectivity index (χ0n) is 13.4. The molecule has 4 nitrogen and oxygen atoms in total. The number of nitrogens with one attached hydrogen (secondary N) is 1. The molecule has 1 N–H and O–H groups in total. The first-order valence-electron chi connectivity index (χ1n) is 7.89. The molecule has 0 unspecified atom stereocenters. The van der Waals surface area contributed by atoms with Crippen LogP contribution in [0.3, 0.4) is 0 Å². The first-order valence-corrected chi connectivity index (χ1v) is 7.89. The molecule has 1 aliphatic heterocycles. The lowest BCUT2D eigenvalue weighted by Crippen LogP contribution is -2.36. The van der Waals surface area contributed by atoms with E-state index in [2.05, 4.69) is 10.3 Å². The minimum Gasteiger partial charge on any atom is -0.337 e. The number of carbonyl (C=O) groups excluding carboxylic acids is 1. The van der Waals surface area contributed by atoms with Gasteiger partial charge in [-0.1, -0.05) is 12.1 Å². The number of benzene rings is 1. The van der Waals surface area contributed by atoms with Crippen molar-refractivity contribution < 1.29 is 13.6 Å². The fourth-order valence-corrected chi connectivity index (χ4v) is 3.16. The Morgan fingerprint density at radius 3 is 2.83 bits per heavy atom. The normalized spacial score (nSPS) is 20.6. The first-order chi connectivity index (χ1) is 11.6. The molecule has 2 heterocycles. The predicted molar refractivity (Wildman–Crippen MR) is 86.2 cm³/mol. The molecule has 1 aliphatic rings. The highest BCUT2D eigenvalue weighted by Gasteiger charge is 2.38. The Morgan fingerprint density at radius 1 is 1.29 bits per heavy atom. The minimum absolute atomic E-state index is 0.0306. The Balaban J connectivity index is 1.65. The van der Waals surface area contributed by atoms with E-state index >= 15 is 0 Å². The van der Waals surface area contributed by atoms with E-state index in [0.717, 1.165) is 17.2 Å². The van der Waals surface area contributed by atoms with Crippen molar-refractivity contribution >= 4 is 5.91 Å². The van der Waals surface area contributed by atoms with Crippen molar-refractivity contribution in [3.63, 3.8) is 0 Å². The minimum atomic E-state index is -0.841. The maximum Gasteiger partial charge on any atom is 0.224 e. The number of likely N-dealkylation sites (tertiary alicyclic amines) is 1. The van der Waals surface area contributed by atoms with Gasteiger partial charge in [0.1, 0.15) is 0 Å². The van der Waals surface area contributed by atoms with E-state index < -0.39 is 11.6 Å². The van der Waals surface area contributed by atoms with Gasteiger partial charge in [-0.15, -0.1) is 0 Å². The van der Waals surface area contributed by atoms with Gasteiger partial charge in [0.05, 0.1) is 6.04 Å². The van der Waals surface area contributed by atoms with Gasteiger partial charge in [-0.05, 0) is 42.3 Å². The largest absolute Gasteiger partial charge is 0.337 e. The van der Waals surface area contributed by atoms with Gasteiger partial charge >= 0.3 is 0 Å². The third kappa shape index (κ3) is 3.43. The number of aromatic nitrogens is 1. The van der Waals surface area contributed by atoms with Gasteiger partial charge < -0.3 is 10.2 Å². The lowest BCUT2D eigenvalue weighted by molar-refractivity contribution is -0.127. The van der Waals surface area contributed by atoms with Gasteiger partial charge in [-0.25, -0.2) is 8.78 Å². The summed E-state index contributed by atoms with van der Waals surface area (Å²) in [4.78, 5) is 17.9. The fraction of sp³-hybridized carbons (Fsp3) is 0.333. The van der Waals surface area contributed by atoms with Crippen molar-refractivity contribution in [2.24, 2.45) is 0 Å². The second-order valence-electron chi connectivity index (χ2n) is 6.00. The van der Waals surface area contributed by atoms with E-state index in [1.165, 1.54) is 6.07 Å².